The molecule has 3 heterocycles. The summed E-state index contributed by atoms with van der Waals surface area (Å²) in [6.45, 7) is 3.46. The highest BCUT2D eigenvalue weighted by Crippen LogP contribution is 2.30. The second kappa shape index (κ2) is 10.7. The van der Waals surface area contributed by atoms with Crippen LogP contribution in [0.5, 0.6) is 0 Å². The van der Waals surface area contributed by atoms with Crippen molar-refractivity contribution in [3.8, 4) is 11.1 Å². The average molecular weight is 542 g/mol. The van der Waals surface area contributed by atoms with Gasteiger partial charge < -0.3 is 20.9 Å². The number of halogens is 2. The molecule has 1 saturated heterocycles. The number of para-hydroxylation sites is 2. The maximum atomic E-state index is 13.6. The van der Waals surface area contributed by atoms with Crippen molar-refractivity contribution in [3.05, 3.63) is 102 Å². The molecule has 1 fully saturated rings. The van der Waals surface area contributed by atoms with E-state index in [1.54, 1.807) is 35.0 Å². The quantitative estimate of drug-likeness (QED) is 0.260. The van der Waals surface area contributed by atoms with E-state index in [2.05, 4.69) is 25.9 Å². The molecule has 0 spiro atoms. The van der Waals surface area contributed by atoms with E-state index < -0.39 is 0 Å². The molecule has 0 aliphatic carbocycles. The van der Waals surface area contributed by atoms with E-state index in [0.717, 1.165) is 43.0 Å². The SMILES string of the molecule is O=C(Nc1ccccc1N1CCNCC1)c1cc(Nc2ccc(F)cc2)n2ncc(-c3cccc(Cl)c3)c2n1. The van der Waals surface area contributed by atoms with Crippen molar-refractivity contribution in [2.45, 2.75) is 0 Å². The molecule has 0 atom stereocenters. The van der Waals surface area contributed by atoms with Gasteiger partial charge in [0.2, 0.25) is 0 Å². The molecule has 196 valence electrons. The lowest BCUT2D eigenvalue weighted by Gasteiger charge is -2.31. The van der Waals surface area contributed by atoms with Gasteiger partial charge in [-0.05, 0) is 54.1 Å². The highest BCUT2D eigenvalue weighted by molar-refractivity contribution is 6.30. The van der Waals surface area contributed by atoms with Gasteiger partial charge in [-0.1, -0.05) is 35.9 Å². The summed E-state index contributed by atoms with van der Waals surface area (Å²) in [6, 6.07) is 22.7. The standard InChI is InChI=1S/C29H25ClFN7O/c30-20-5-3-4-19(16-20)23-18-33-38-27(34-22-10-8-21(31)9-11-22)17-25(35-28(23)38)29(39)36-24-6-1-2-7-26(24)37-14-12-32-13-15-37/h1-11,16-18,32,34H,12-15H2,(H,36,39). The summed E-state index contributed by atoms with van der Waals surface area (Å²) in [4.78, 5) is 20.6. The fourth-order valence-electron chi connectivity index (χ4n) is 4.66. The zero-order valence-corrected chi connectivity index (χ0v) is 21.6. The molecule has 6 rings (SSSR count). The Kier molecular flexibility index (Phi) is 6.83. The Hall–Kier alpha value is -4.47. The first kappa shape index (κ1) is 24.8. The smallest absolute Gasteiger partial charge is 0.274 e. The minimum atomic E-state index is -0.361. The highest BCUT2D eigenvalue weighted by atomic mass is 35.5. The zero-order valence-electron chi connectivity index (χ0n) is 20.9. The third-order valence-electron chi connectivity index (χ3n) is 6.57. The Morgan fingerprint density at radius 3 is 2.56 bits per heavy atom. The number of hydrogen-bond donors (Lipinski definition) is 3. The first-order chi connectivity index (χ1) is 19.0. The van der Waals surface area contributed by atoms with Crippen LogP contribution in [-0.4, -0.2) is 46.7 Å². The fourth-order valence-corrected chi connectivity index (χ4v) is 4.85. The number of carbonyl (C=O) groups is 1. The van der Waals surface area contributed by atoms with E-state index in [1.165, 1.54) is 12.1 Å². The second-order valence-corrected chi connectivity index (χ2v) is 9.61. The molecule has 10 heteroatoms. The second-order valence-electron chi connectivity index (χ2n) is 9.17. The first-order valence-electron chi connectivity index (χ1n) is 12.6. The van der Waals surface area contributed by atoms with Crippen molar-refractivity contribution in [3.63, 3.8) is 0 Å². The van der Waals surface area contributed by atoms with Gasteiger partial charge in [-0.3, -0.25) is 4.79 Å². The largest absolute Gasteiger partial charge is 0.367 e. The maximum absolute atomic E-state index is 13.6. The minimum absolute atomic E-state index is 0.200. The van der Waals surface area contributed by atoms with Crippen molar-refractivity contribution in [1.82, 2.24) is 19.9 Å². The van der Waals surface area contributed by atoms with Crippen molar-refractivity contribution in [2.24, 2.45) is 0 Å². The average Bonchev–Trinajstić information content (AvgIpc) is 3.39. The van der Waals surface area contributed by atoms with Crippen LogP contribution in [-0.2, 0) is 0 Å². The maximum Gasteiger partial charge on any atom is 0.274 e. The monoisotopic (exact) mass is 541 g/mol. The number of anilines is 4. The molecular weight excluding hydrogens is 517 g/mol. The van der Waals surface area contributed by atoms with Crippen LogP contribution in [0.25, 0.3) is 16.8 Å². The minimum Gasteiger partial charge on any atom is -0.367 e. The molecule has 5 aromatic rings. The number of amides is 1. The number of piperazine rings is 1. The molecule has 39 heavy (non-hydrogen) atoms. The molecule has 0 unspecified atom stereocenters. The number of rotatable bonds is 6. The van der Waals surface area contributed by atoms with Crippen molar-refractivity contribution < 1.29 is 9.18 Å². The van der Waals surface area contributed by atoms with E-state index in [4.69, 9.17) is 16.6 Å². The molecular formula is C29H25ClFN7O. The van der Waals surface area contributed by atoms with Crippen LogP contribution in [0.15, 0.2) is 85.1 Å². The van der Waals surface area contributed by atoms with Crippen molar-refractivity contribution in [1.29, 1.82) is 0 Å². The lowest BCUT2D eigenvalue weighted by Crippen LogP contribution is -2.43. The van der Waals surface area contributed by atoms with E-state index >= 15 is 0 Å². The summed E-state index contributed by atoms with van der Waals surface area (Å²) >= 11 is 6.25. The van der Waals surface area contributed by atoms with Gasteiger partial charge in [0.05, 0.1) is 17.6 Å². The summed E-state index contributed by atoms with van der Waals surface area (Å²) < 4.78 is 15.1. The number of nitrogens with zero attached hydrogens (tertiary/aromatic N) is 4. The predicted octanol–water partition coefficient (Wildman–Crippen LogP) is 5.59. The van der Waals surface area contributed by atoms with Crippen LogP contribution in [0.3, 0.4) is 0 Å². The van der Waals surface area contributed by atoms with Gasteiger partial charge in [-0.2, -0.15) is 9.61 Å². The Balaban J connectivity index is 1.41. The molecule has 0 radical (unpaired) electrons. The number of carbonyl (C=O) groups excluding carboxylic acids is 1. The van der Waals surface area contributed by atoms with E-state index in [1.807, 2.05) is 42.5 Å². The van der Waals surface area contributed by atoms with Crippen LogP contribution in [0, 0.1) is 5.82 Å². The van der Waals surface area contributed by atoms with Gasteiger partial charge in [0, 0.05) is 48.5 Å². The van der Waals surface area contributed by atoms with Crippen LogP contribution in [0.1, 0.15) is 10.5 Å². The fraction of sp³-hybridized carbons (Fsp3) is 0.138. The van der Waals surface area contributed by atoms with E-state index in [0.29, 0.717) is 27.9 Å². The van der Waals surface area contributed by atoms with Crippen molar-refractivity contribution >= 4 is 46.0 Å². The molecule has 1 aliphatic rings. The summed E-state index contributed by atoms with van der Waals surface area (Å²) in [5.74, 6) is -0.202. The van der Waals surface area contributed by atoms with Gasteiger partial charge in [0.15, 0.2) is 5.65 Å². The van der Waals surface area contributed by atoms with Crippen LogP contribution in [0.2, 0.25) is 5.02 Å². The van der Waals surface area contributed by atoms with E-state index in [9.17, 15) is 9.18 Å². The Labute approximate surface area is 229 Å². The molecule has 3 aromatic carbocycles. The van der Waals surface area contributed by atoms with Gasteiger partial charge in [-0.25, -0.2) is 9.37 Å². The molecule has 1 aliphatic heterocycles. The molecule has 2 aromatic heterocycles. The normalized spacial score (nSPS) is 13.4. The summed E-state index contributed by atoms with van der Waals surface area (Å²) in [5.41, 5.74) is 4.52. The van der Waals surface area contributed by atoms with Gasteiger partial charge in [0.1, 0.15) is 17.3 Å². The zero-order chi connectivity index (χ0) is 26.8. The number of fused-ring (bicyclic) bond motifs is 1. The Bertz CT molecular complexity index is 1650. The van der Waals surface area contributed by atoms with Gasteiger partial charge in [0.25, 0.3) is 5.91 Å². The van der Waals surface area contributed by atoms with E-state index in [-0.39, 0.29) is 17.4 Å². The highest BCUT2D eigenvalue weighted by Gasteiger charge is 2.20. The summed E-state index contributed by atoms with van der Waals surface area (Å²) in [6.07, 6.45) is 1.69. The molecule has 8 nitrogen and oxygen atoms in total. The van der Waals surface area contributed by atoms with Crippen LogP contribution < -0.4 is 20.9 Å². The number of hydrogen-bond acceptors (Lipinski definition) is 6. The van der Waals surface area contributed by atoms with Gasteiger partial charge in [-0.15, -0.1) is 0 Å². The summed E-state index contributed by atoms with van der Waals surface area (Å²) in [5, 5.41) is 14.8. The molecule has 3 N–H and O–H groups in total. The number of nitrogens with one attached hydrogen (secondary N) is 3. The third-order valence-corrected chi connectivity index (χ3v) is 6.80. The van der Waals surface area contributed by atoms with Gasteiger partial charge >= 0.3 is 0 Å². The van der Waals surface area contributed by atoms with Crippen molar-refractivity contribution in [2.75, 3.05) is 41.7 Å². The first-order valence-corrected chi connectivity index (χ1v) is 13.0. The topological polar surface area (TPSA) is 86.6 Å². The number of aromatic nitrogens is 3. The number of benzene rings is 3. The third kappa shape index (κ3) is 5.27. The lowest BCUT2D eigenvalue weighted by molar-refractivity contribution is 0.102. The molecule has 1 amide bonds. The predicted molar refractivity (Wildman–Crippen MR) is 153 cm³/mol. The molecule has 0 saturated carbocycles. The lowest BCUT2D eigenvalue weighted by atomic mass is 10.1. The van der Waals surface area contributed by atoms with Crippen LogP contribution in [0.4, 0.5) is 27.3 Å². The molecule has 0 bridgehead atoms. The summed E-state index contributed by atoms with van der Waals surface area (Å²) in [7, 11) is 0. The Morgan fingerprint density at radius 2 is 1.77 bits per heavy atom. The van der Waals surface area contributed by atoms with Crippen LogP contribution >= 0.6 is 11.6 Å². The Morgan fingerprint density at radius 1 is 0.974 bits per heavy atom.